The molecule has 0 heterocycles. The van der Waals surface area contributed by atoms with Gasteiger partial charge < -0.3 is 10.6 Å². The van der Waals surface area contributed by atoms with E-state index in [4.69, 9.17) is 23.2 Å². The first-order valence-electron chi connectivity index (χ1n) is 6.50. The van der Waals surface area contributed by atoms with E-state index in [-0.39, 0.29) is 17.7 Å². The van der Waals surface area contributed by atoms with Gasteiger partial charge in [-0.05, 0) is 50.0 Å². The third-order valence-electron chi connectivity index (χ3n) is 3.39. The monoisotopic (exact) mass is 300 g/mol. The van der Waals surface area contributed by atoms with E-state index in [0.29, 0.717) is 10.0 Å². The molecule has 0 spiro atoms. The van der Waals surface area contributed by atoms with Gasteiger partial charge in [-0.3, -0.25) is 4.79 Å². The Kier molecular flexibility index (Phi) is 5.08. The van der Waals surface area contributed by atoms with Crippen LogP contribution in [-0.2, 0) is 4.79 Å². The Hall–Kier alpha value is -0.770. The van der Waals surface area contributed by atoms with E-state index >= 15 is 0 Å². The molecule has 5 heteroatoms. The zero-order valence-corrected chi connectivity index (χ0v) is 12.4. The van der Waals surface area contributed by atoms with Crippen molar-refractivity contribution in [1.29, 1.82) is 0 Å². The highest BCUT2D eigenvalue weighted by molar-refractivity contribution is 6.35. The second-order valence-corrected chi connectivity index (χ2v) is 5.71. The molecule has 0 bridgehead atoms. The summed E-state index contributed by atoms with van der Waals surface area (Å²) in [5.41, 5.74) is 1.03. The number of rotatable bonds is 6. The summed E-state index contributed by atoms with van der Waals surface area (Å²) in [5, 5.41) is 7.30. The highest BCUT2D eigenvalue weighted by Crippen LogP contribution is 2.49. The molecule has 1 aromatic carbocycles. The van der Waals surface area contributed by atoms with Crippen molar-refractivity contribution in [3.63, 3.8) is 0 Å². The maximum atomic E-state index is 11.9. The van der Waals surface area contributed by atoms with Crippen LogP contribution in [0.2, 0.25) is 10.0 Å². The van der Waals surface area contributed by atoms with Crippen LogP contribution in [0.1, 0.15) is 24.3 Å². The van der Waals surface area contributed by atoms with Crippen LogP contribution in [0.5, 0.6) is 0 Å². The lowest BCUT2D eigenvalue weighted by atomic mass is 10.1. The predicted molar refractivity (Wildman–Crippen MR) is 78.9 cm³/mol. The third kappa shape index (κ3) is 3.85. The van der Waals surface area contributed by atoms with Gasteiger partial charge in [0.15, 0.2) is 0 Å². The molecule has 0 aromatic heterocycles. The van der Waals surface area contributed by atoms with Crippen molar-refractivity contribution in [3.05, 3.63) is 33.8 Å². The highest BCUT2D eigenvalue weighted by Gasteiger charge is 2.44. The Labute approximate surface area is 123 Å². The summed E-state index contributed by atoms with van der Waals surface area (Å²) < 4.78 is 0. The second kappa shape index (κ2) is 6.60. The quantitative estimate of drug-likeness (QED) is 0.793. The van der Waals surface area contributed by atoms with Crippen LogP contribution in [-0.4, -0.2) is 26.0 Å². The molecule has 2 atom stereocenters. The van der Waals surface area contributed by atoms with Gasteiger partial charge in [0.1, 0.15) is 0 Å². The fourth-order valence-corrected chi connectivity index (χ4v) is 2.79. The van der Waals surface area contributed by atoms with Gasteiger partial charge in [-0.25, -0.2) is 0 Å². The smallest absolute Gasteiger partial charge is 0.223 e. The van der Waals surface area contributed by atoms with Gasteiger partial charge in [0.25, 0.3) is 0 Å². The molecule has 3 nitrogen and oxygen atoms in total. The van der Waals surface area contributed by atoms with E-state index in [2.05, 4.69) is 10.6 Å². The number of amides is 1. The largest absolute Gasteiger partial charge is 0.356 e. The highest BCUT2D eigenvalue weighted by atomic mass is 35.5. The van der Waals surface area contributed by atoms with Crippen molar-refractivity contribution in [2.24, 2.45) is 5.92 Å². The van der Waals surface area contributed by atoms with Crippen LogP contribution in [0.15, 0.2) is 18.2 Å². The van der Waals surface area contributed by atoms with Crippen molar-refractivity contribution in [3.8, 4) is 0 Å². The first-order valence-corrected chi connectivity index (χ1v) is 7.26. The summed E-state index contributed by atoms with van der Waals surface area (Å²) in [4.78, 5) is 11.9. The van der Waals surface area contributed by atoms with E-state index in [9.17, 15) is 4.79 Å². The van der Waals surface area contributed by atoms with Crippen LogP contribution < -0.4 is 10.6 Å². The Morgan fingerprint density at radius 3 is 2.84 bits per heavy atom. The van der Waals surface area contributed by atoms with E-state index in [1.165, 1.54) is 0 Å². The maximum absolute atomic E-state index is 11.9. The Balaban J connectivity index is 1.84. The van der Waals surface area contributed by atoms with Gasteiger partial charge in [-0.1, -0.05) is 29.3 Å². The summed E-state index contributed by atoms with van der Waals surface area (Å²) in [7, 11) is 1.90. The van der Waals surface area contributed by atoms with E-state index in [0.717, 1.165) is 31.5 Å². The van der Waals surface area contributed by atoms with Crippen molar-refractivity contribution >= 4 is 29.1 Å². The molecule has 0 radical (unpaired) electrons. The predicted octanol–water partition coefficient (Wildman–Crippen LogP) is 2.82. The second-order valence-electron chi connectivity index (χ2n) is 4.86. The number of hydrogen-bond donors (Lipinski definition) is 2. The number of halogens is 2. The Morgan fingerprint density at radius 2 is 2.16 bits per heavy atom. The van der Waals surface area contributed by atoms with Gasteiger partial charge in [0.05, 0.1) is 0 Å². The molecule has 1 aliphatic rings. The zero-order valence-electron chi connectivity index (χ0n) is 10.9. The number of benzene rings is 1. The minimum atomic E-state index is 0.0632. The normalized spacial score (nSPS) is 21.2. The van der Waals surface area contributed by atoms with Gasteiger partial charge in [0, 0.05) is 22.5 Å². The maximum Gasteiger partial charge on any atom is 0.223 e. The summed E-state index contributed by atoms with van der Waals surface area (Å²) >= 11 is 12.0. The molecule has 1 aliphatic carbocycles. The molecule has 2 N–H and O–H groups in total. The van der Waals surface area contributed by atoms with Crippen molar-refractivity contribution in [1.82, 2.24) is 10.6 Å². The summed E-state index contributed by atoms with van der Waals surface area (Å²) in [5.74, 6) is 0.439. The lowest BCUT2D eigenvalue weighted by Gasteiger charge is -2.06. The number of hydrogen-bond acceptors (Lipinski definition) is 2. The third-order valence-corrected chi connectivity index (χ3v) is 3.95. The van der Waals surface area contributed by atoms with Crippen molar-refractivity contribution < 1.29 is 4.79 Å². The molecular weight excluding hydrogens is 283 g/mol. The topological polar surface area (TPSA) is 41.1 Å². The lowest BCUT2D eigenvalue weighted by Crippen LogP contribution is -2.28. The minimum absolute atomic E-state index is 0.0632. The van der Waals surface area contributed by atoms with E-state index < -0.39 is 0 Å². The molecule has 1 saturated carbocycles. The zero-order chi connectivity index (χ0) is 13.8. The lowest BCUT2D eigenvalue weighted by molar-refractivity contribution is -0.122. The first kappa shape index (κ1) is 14.6. The fourth-order valence-electron chi connectivity index (χ4n) is 2.24. The average molecular weight is 301 g/mol. The number of carbonyl (C=O) groups excluding carboxylic acids is 1. The Bertz CT molecular complexity index is 465. The molecular formula is C14H18Cl2N2O. The molecule has 1 aromatic rings. The van der Waals surface area contributed by atoms with Gasteiger partial charge in [0.2, 0.25) is 5.91 Å². The standard InChI is InChI=1S/C14H18Cl2N2O/c1-17-5-2-6-18-14(19)12-8-11(12)10-4-3-9(15)7-13(10)16/h3-4,7,11-12,17H,2,5-6,8H2,1H3,(H,18,19). The molecule has 2 unspecified atom stereocenters. The van der Waals surface area contributed by atoms with Crippen LogP contribution in [0, 0.1) is 5.92 Å². The fraction of sp³-hybridized carbons (Fsp3) is 0.500. The van der Waals surface area contributed by atoms with Crippen molar-refractivity contribution in [2.75, 3.05) is 20.1 Å². The molecule has 104 valence electrons. The summed E-state index contributed by atoms with van der Waals surface area (Å²) in [6, 6.07) is 5.48. The molecule has 1 amide bonds. The average Bonchev–Trinajstić information content (AvgIpc) is 3.14. The van der Waals surface area contributed by atoms with E-state index in [1.807, 2.05) is 19.2 Å². The van der Waals surface area contributed by atoms with Gasteiger partial charge >= 0.3 is 0 Å². The number of carbonyl (C=O) groups is 1. The first-order chi connectivity index (χ1) is 9.13. The van der Waals surface area contributed by atoms with E-state index in [1.54, 1.807) is 6.07 Å². The molecule has 19 heavy (non-hydrogen) atoms. The summed E-state index contributed by atoms with van der Waals surface area (Å²) in [6.45, 7) is 1.63. The molecule has 0 saturated heterocycles. The van der Waals surface area contributed by atoms with Crippen LogP contribution in [0.25, 0.3) is 0 Å². The minimum Gasteiger partial charge on any atom is -0.356 e. The number of nitrogens with one attached hydrogen (secondary N) is 2. The molecule has 1 fully saturated rings. The van der Waals surface area contributed by atoms with Crippen LogP contribution in [0.4, 0.5) is 0 Å². The van der Waals surface area contributed by atoms with Gasteiger partial charge in [-0.15, -0.1) is 0 Å². The SMILES string of the molecule is CNCCCNC(=O)C1CC1c1ccc(Cl)cc1Cl. The molecule has 0 aliphatic heterocycles. The van der Waals surface area contributed by atoms with Gasteiger partial charge in [-0.2, -0.15) is 0 Å². The van der Waals surface area contributed by atoms with Crippen LogP contribution in [0.3, 0.4) is 0 Å². The van der Waals surface area contributed by atoms with Crippen molar-refractivity contribution in [2.45, 2.75) is 18.8 Å². The van der Waals surface area contributed by atoms with Crippen LogP contribution >= 0.6 is 23.2 Å². The summed E-state index contributed by atoms with van der Waals surface area (Å²) in [6.07, 6.45) is 1.82. The Morgan fingerprint density at radius 1 is 1.37 bits per heavy atom. The molecule has 2 rings (SSSR count).